The Labute approximate surface area is 97.2 Å². The van der Waals surface area contributed by atoms with Crippen molar-refractivity contribution in [2.24, 2.45) is 0 Å². The third kappa shape index (κ3) is 4.45. The smallest absolute Gasteiger partial charge is 0.234 e. The highest BCUT2D eigenvalue weighted by Crippen LogP contribution is 2.10. The van der Waals surface area contributed by atoms with Crippen LogP contribution in [0.2, 0.25) is 0 Å². The maximum absolute atomic E-state index is 11.4. The first-order chi connectivity index (χ1) is 7.59. The van der Waals surface area contributed by atoms with Crippen LogP contribution in [0, 0.1) is 0 Å². The summed E-state index contributed by atoms with van der Waals surface area (Å²) in [5.74, 6) is 0.0396. The van der Waals surface area contributed by atoms with E-state index in [0.717, 1.165) is 0 Å². The minimum atomic E-state index is 0.0396. The summed E-state index contributed by atoms with van der Waals surface area (Å²) in [5, 5.41) is 6.04. The molecule has 88 valence electrons. The zero-order valence-corrected chi connectivity index (χ0v) is 10.2. The number of carbonyl (C=O) groups excluding carboxylic acids is 1. The molecule has 0 aliphatic carbocycles. The van der Waals surface area contributed by atoms with Crippen molar-refractivity contribution in [3.8, 4) is 0 Å². The van der Waals surface area contributed by atoms with Crippen molar-refractivity contribution < 1.29 is 4.79 Å². The average Bonchev–Trinajstić information content (AvgIpc) is 2.26. The summed E-state index contributed by atoms with van der Waals surface area (Å²) >= 11 is 0. The SMILES string of the molecule is CC(C)NC(=O)CN[C@H](C)c1ccccc1. The third-order valence-electron chi connectivity index (χ3n) is 2.32. The summed E-state index contributed by atoms with van der Waals surface area (Å²) in [6, 6.07) is 10.5. The van der Waals surface area contributed by atoms with E-state index in [1.54, 1.807) is 0 Å². The minimum Gasteiger partial charge on any atom is -0.353 e. The van der Waals surface area contributed by atoms with Gasteiger partial charge in [-0.15, -0.1) is 0 Å². The van der Waals surface area contributed by atoms with Crippen molar-refractivity contribution >= 4 is 5.91 Å². The van der Waals surface area contributed by atoms with E-state index in [1.165, 1.54) is 5.56 Å². The summed E-state index contributed by atoms with van der Waals surface area (Å²) < 4.78 is 0. The van der Waals surface area contributed by atoms with Crippen LogP contribution >= 0.6 is 0 Å². The van der Waals surface area contributed by atoms with E-state index in [9.17, 15) is 4.79 Å². The van der Waals surface area contributed by atoms with Gasteiger partial charge < -0.3 is 10.6 Å². The van der Waals surface area contributed by atoms with E-state index >= 15 is 0 Å². The summed E-state index contributed by atoms with van der Waals surface area (Å²) in [6.45, 7) is 6.32. The first kappa shape index (κ1) is 12.7. The summed E-state index contributed by atoms with van der Waals surface area (Å²) in [6.07, 6.45) is 0. The monoisotopic (exact) mass is 220 g/mol. The number of hydrogen-bond donors (Lipinski definition) is 2. The van der Waals surface area contributed by atoms with Crippen molar-refractivity contribution in [3.05, 3.63) is 35.9 Å². The molecule has 0 spiro atoms. The van der Waals surface area contributed by atoms with Crippen molar-refractivity contribution in [3.63, 3.8) is 0 Å². The molecule has 0 fully saturated rings. The molecule has 1 rings (SSSR count). The summed E-state index contributed by atoms with van der Waals surface area (Å²) in [5.41, 5.74) is 1.19. The highest BCUT2D eigenvalue weighted by atomic mass is 16.1. The van der Waals surface area contributed by atoms with Crippen LogP contribution in [-0.4, -0.2) is 18.5 Å². The molecule has 0 bridgehead atoms. The van der Waals surface area contributed by atoms with Gasteiger partial charge in [-0.05, 0) is 26.3 Å². The first-order valence-corrected chi connectivity index (χ1v) is 5.67. The van der Waals surface area contributed by atoms with Crippen molar-refractivity contribution in [1.29, 1.82) is 0 Å². The number of carbonyl (C=O) groups is 1. The fourth-order valence-corrected chi connectivity index (χ4v) is 1.48. The second-order valence-corrected chi connectivity index (χ2v) is 4.24. The van der Waals surface area contributed by atoms with E-state index in [0.29, 0.717) is 6.54 Å². The number of amides is 1. The molecule has 2 N–H and O–H groups in total. The summed E-state index contributed by atoms with van der Waals surface area (Å²) in [7, 11) is 0. The fourth-order valence-electron chi connectivity index (χ4n) is 1.48. The molecule has 3 nitrogen and oxygen atoms in total. The highest BCUT2D eigenvalue weighted by molar-refractivity contribution is 5.78. The molecule has 0 saturated carbocycles. The van der Waals surface area contributed by atoms with Crippen LogP contribution in [0.4, 0.5) is 0 Å². The molecule has 0 aliphatic rings. The molecule has 0 aromatic heterocycles. The van der Waals surface area contributed by atoms with Gasteiger partial charge in [0, 0.05) is 12.1 Å². The van der Waals surface area contributed by atoms with Crippen LogP contribution < -0.4 is 10.6 Å². The maximum Gasteiger partial charge on any atom is 0.234 e. The van der Waals surface area contributed by atoms with Crippen molar-refractivity contribution in [2.45, 2.75) is 32.9 Å². The first-order valence-electron chi connectivity index (χ1n) is 5.67. The molecule has 1 amide bonds. The standard InChI is InChI=1S/C13H20N2O/c1-10(2)15-13(16)9-14-11(3)12-7-5-4-6-8-12/h4-8,10-11,14H,9H2,1-3H3,(H,15,16)/t11-/m1/s1. The highest BCUT2D eigenvalue weighted by Gasteiger charge is 2.07. The second kappa shape index (κ2) is 6.28. The van der Waals surface area contributed by atoms with Crippen molar-refractivity contribution in [1.82, 2.24) is 10.6 Å². The Kier molecular flexibility index (Phi) is 4.99. The predicted molar refractivity (Wildman–Crippen MR) is 66.1 cm³/mol. The molecule has 1 atom stereocenters. The lowest BCUT2D eigenvalue weighted by Crippen LogP contribution is -2.38. The van der Waals surface area contributed by atoms with Crippen LogP contribution in [0.25, 0.3) is 0 Å². The molecule has 0 unspecified atom stereocenters. The largest absolute Gasteiger partial charge is 0.353 e. The van der Waals surface area contributed by atoms with E-state index in [-0.39, 0.29) is 18.0 Å². The number of nitrogens with one attached hydrogen (secondary N) is 2. The van der Waals surface area contributed by atoms with E-state index in [1.807, 2.05) is 32.0 Å². The molecule has 0 radical (unpaired) electrons. The van der Waals surface area contributed by atoms with Gasteiger partial charge in [0.2, 0.25) is 5.91 Å². The second-order valence-electron chi connectivity index (χ2n) is 4.24. The van der Waals surface area contributed by atoms with E-state index < -0.39 is 0 Å². The van der Waals surface area contributed by atoms with Gasteiger partial charge in [0.05, 0.1) is 6.54 Å². The molecule has 16 heavy (non-hydrogen) atoms. The van der Waals surface area contributed by atoms with Gasteiger partial charge in [-0.2, -0.15) is 0 Å². The molecule has 0 saturated heterocycles. The van der Waals surface area contributed by atoms with Gasteiger partial charge in [-0.25, -0.2) is 0 Å². The van der Waals surface area contributed by atoms with E-state index in [4.69, 9.17) is 0 Å². The zero-order valence-electron chi connectivity index (χ0n) is 10.2. The van der Waals surface area contributed by atoms with Crippen LogP contribution in [0.3, 0.4) is 0 Å². The molecular formula is C13H20N2O. The topological polar surface area (TPSA) is 41.1 Å². The molecule has 3 heteroatoms. The van der Waals surface area contributed by atoms with Gasteiger partial charge in [0.1, 0.15) is 0 Å². The summed E-state index contributed by atoms with van der Waals surface area (Å²) in [4.78, 5) is 11.4. The Morgan fingerprint density at radius 2 is 1.81 bits per heavy atom. The van der Waals surface area contributed by atoms with Crippen LogP contribution in [0.1, 0.15) is 32.4 Å². The maximum atomic E-state index is 11.4. The van der Waals surface area contributed by atoms with Crippen LogP contribution in [0.5, 0.6) is 0 Å². The Balaban J connectivity index is 2.36. The molecular weight excluding hydrogens is 200 g/mol. The normalized spacial score (nSPS) is 12.5. The molecule has 1 aromatic carbocycles. The lowest BCUT2D eigenvalue weighted by molar-refractivity contribution is -0.120. The quantitative estimate of drug-likeness (QED) is 0.795. The Morgan fingerprint density at radius 1 is 1.19 bits per heavy atom. The zero-order chi connectivity index (χ0) is 12.0. The van der Waals surface area contributed by atoms with Gasteiger partial charge >= 0.3 is 0 Å². The lowest BCUT2D eigenvalue weighted by Gasteiger charge is -2.15. The van der Waals surface area contributed by atoms with Gasteiger partial charge in [-0.1, -0.05) is 30.3 Å². The van der Waals surface area contributed by atoms with Gasteiger partial charge in [-0.3, -0.25) is 4.79 Å². The molecule has 1 aromatic rings. The van der Waals surface area contributed by atoms with Crippen LogP contribution in [-0.2, 0) is 4.79 Å². The Bertz CT molecular complexity index is 322. The van der Waals surface area contributed by atoms with Gasteiger partial charge in [0.15, 0.2) is 0 Å². The predicted octanol–water partition coefficient (Wildman–Crippen LogP) is 1.86. The number of hydrogen-bond acceptors (Lipinski definition) is 2. The third-order valence-corrected chi connectivity index (χ3v) is 2.32. The Morgan fingerprint density at radius 3 is 2.38 bits per heavy atom. The Hall–Kier alpha value is -1.35. The fraction of sp³-hybridized carbons (Fsp3) is 0.462. The number of rotatable bonds is 5. The number of benzene rings is 1. The van der Waals surface area contributed by atoms with E-state index in [2.05, 4.69) is 29.7 Å². The minimum absolute atomic E-state index is 0.0396. The van der Waals surface area contributed by atoms with Gasteiger partial charge in [0.25, 0.3) is 0 Å². The molecule has 0 aliphatic heterocycles. The van der Waals surface area contributed by atoms with Crippen LogP contribution in [0.15, 0.2) is 30.3 Å². The molecule has 0 heterocycles. The van der Waals surface area contributed by atoms with Crippen molar-refractivity contribution in [2.75, 3.05) is 6.54 Å². The lowest BCUT2D eigenvalue weighted by atomic mass is 10.1. The average molecular weight is 220 g/mol.